The summed E-state index contributed by atoms with van der Waals surface area (Å²) >= 11 is 0. The molecule has 0 saturated carbocycles. The lowest BCUT2D eigenvalue weighted by Gasteiger charge is -2.16. The van der Waals surface area contributed by atoms with E-state index in [1.54, 1.807) is 48.5 Å². The number of nitrogens with one attached hydrogen (secondary N) is 1. The van der Waals surface area contributed by atoms with E-state index in [0.29, 0.717) is 0 Å². The predicted octanol–water partition coefficient (Wildman–Crippen LogP) is 1.32. The minimum absolute atomic E-state index is 0.0417. The first-order valence-corrected chi connectivity index (χ1v) is 5.20. The van der Waals surface area contributed by atoms with E-state index in [1.807, 2.05) is 0 Å². The third-order valence-electron chi connectivity index (χ3n) is 2.51. The molecule has 88 valence electrons. The van der Waals surface area contributed by atoms with E-state index >= 15 is 0 Å². The van der Waals surface area contributed by atoms with Gasteiger partial charge in [-0.3, -0.25) is 9.89 Å². The molecule has 0 fully saturated rings. The highest BCUT2D eigenvalue weighted by molar-refractivity contribution is 5.94. The molecule has 1 amide bonds. The molecule has 0 aliphatic heterocycles. The molecule has 0 unspecified atom stereocenters. The fraction of sp³-hybridized carbons (Fsp3) is 0.167. The Labute approximate surface area is 98.7 Å². The van der Waals surface area contributed by atoms with Crippen molar-refractivity contribution in [2.45, 2.75) is 6.42 Å². The molecule has 0 spiro atoms. The Balaban J connectivity index is 2.07. The summed E-state index contributed by atoms with van der Waals surface area (Å²) in [5.74, 6) is 0.142. The van der Waals surface area contributed by atoms with Crippen LogP contribution < -0.4 is 4.90 Å². The van der Waals surface area contributed by atoms with Crippen LogP contribution >= 0.6 is 0 Å². The second-order valence-electron chi connectivity index (χ2n) is 3.73. The third-order valence-corrected chi connectivity index (χ3v) is 2.51. The number of aromatic hydroxyl groups is 1. The number of likely N-dealkylation sites (N-methyl/N-ethyl adjacent to an activating group) is 1. The molecular weight excluding hydrogens is 218 g/mol. The SMILES string of the molecule is CN(C(=O)Cc1ccn[nH]1)c1ccc(O)cc1. The van der Waals surface area contributed by atoms with Gasteiger partial charge < -0.3 is 10.0 Å². The van der Waals surface area contributed by atoms with Crippen molar-refractivity contribution in [1.29, 1.82) is 0 Å². The first kappa shape index (κ1) is 11.2. The van der Waals surface area contributed by atoms with Gasteiger partial charge >= 0.3 is 0 Å². The minimum Gasteiger partial charge on any atom is -0.508 e. The van der Waals surface area contributed by atoms with E-state index < -0.39 is 0 Å². The first-order valence-electron chi connectivity index (χ1n) is 5.20. The molecule has 5 heteroatoms. The van der Waals surface area contributed by atoms with Crippen molar-refractivity contribution in [3.63, 3.8) is 0 Å². The third kappa shape index (κ3) is 2.63. The number of phenols is 1. The molecule has 1 heterocycles. The molecule has 5 nitrogen and oxygen atoms in total. The van der Waals surface area contributed by atoms with Crippen LogP contribution in [0.4, 0.5) is 5.69 Å². The fourth-order valence-corrected chi connectivity index (χ4v) is 1.48. The number of anilines is 1. The maximum atomic E-state index is 11.9. The number of hydrogen-bond acceptors (Lipinski definition) is 3. The predicted molar refractivity (Wildman–Crippen MR) is 63.8 cm³/mol. The Morgan fingerprint density at radius 2 is 2.06 bits per heavy atom. The number of amides is 1. The second kappa shape index (κ2) is 4.69. The zero-order valence-electron chi connectivity index (χ0n) is 9.42. The zero-order valence-corrected chi connectivity index (χ0v) is 9.42. The van der Waals surface area contributed by atoms with Crippen molar-refractivity contribution < 1.29 is 9.90 Å². The maximum absolute atomic E-state index is 11.9. The number of aromatic amines is 1. The smallest absolute Gasteiger partial charge is 0.232 e. The lowest BCUT2D eigenvalue weighted by Crippen LogP contribution is -2.27. The highest BCUT2D eigenvalue weighted by Crippen LogP contribution is 2.17. The normalized spacial score (nSPS) is 10.2. The van der Waals surface area contributed by atoms with Crippen LogP contribution in [-0.2, 0) is 11.2 Å². The fourth-order valence-electron chi connectivity index (χ4n) is 1.48. The number of rotatable bonds is 3. The number of H-pyrrole nitrogens is 1. The monoisotopic (exact) mass is 231 g/mol. The van der Waals surface area contributed by atoms with E-state index in [1.165, 1.54) is 0 Å². The molecule has 0 aliphatic carbocycles. The molecule has 17 heavy (non-hydrogen) atoms. The molecule has 1 aromatic carbocycles. The van der Waals surface area contributed by atoms with Gasteiger partial charge in [-0.05, 0) is 30.3 Å². The Hall–Kier alpha value is -2.30. The van der Waals surface area contributed by atoms with Crippen molar-refractivity contribution in [3.05, 3.63) is 42.2 Å². The van der Waals surface area contributed by atoms with Gasteiger partial charge in [-0.1, -0.05) is 0 Å². The Morgan fingerprint density at radius 3 is 2.65 bits per heavy atom. The number of carbonyl (C=O) groups excluding carboxylic acids is 1. The van der Waals surface area contributed by atoms with Crippen molar-refractivity contribution >= 4 is 11.6 Å². The van der Waals surface area contributed by atoms with E-state index in [2.05, 4.69) is 10.2 Å². The van der Waals surface area contributed by atoms with Crippen LogP contribution in [0.15, 0.2) is 36.5 Å². The molecule has 2 rings (SSSR count). The number of aromatic nitrogens is 2. The maximum Gasteiger partial charge on any atom is 0.232 e. The summed E-state index contributed by atoms with van der Waals surface area (Å²) < 4.78 is 0. The number of hydrogen-bond donors (Lipinski definition) is 2. The quantitative estimate of drug-likeness (QED) is 0.837. The van der Waals surface area contributed by atoms with Gasteiger partial charge in [0.1, 0.15) is 5.75 Å². The lowest BCUT2D eigenvalue weighted by atomic mass is 10.2. The average Bonchev–Trinajstić information content (AvgIpc) is 2.82. The molecule has 0 saturated heterocycles. The van der Waals surface area contributed by atoms with Gasteiger partial charge in [-0.15, -0.1) is 0 Å². The summed E-state index contributed by atoms with van der Waals surface area (Å²) in [6.07, 6.45) is 1.89. The highest BCUT2D eigenvalue weighted by atomic mass is 16.3. The summed E-state index contributed by atoms with van der Waals surface area (Å²) in [5, 5.41) is 15.7. The molecular formula is C12H13N3O2. The summed E-state index contributed by atoms with van der Waals surface area (Å²) in [5.41, 5.74) is 1.52. The molecule has 0 aliphatic rings. The van der Waals surface area contributed by atoms with Gasteiger partial charge in [0, 0.05) is 24.6 Å². The molecule has 1 aromatic heterocycles. The van der Waals surface area contributed by atoms with Gasteiger partial charge in [0.15, 0.2) is 0 Å². The largest absolute Gasteiger partial charge is 0.508 e. The molecule has 0 radical (unpaired) electrons. The first-order chi connectivity index (χ1) is 8.16. The Morgan fingerprint density at radius 1 is 1.35 bits per heavy atom. The van der Waals surface area contributed by atoms with E-state index in [9.17, 15) is 4.79 Å². The molecule has 2 N–H and O–H groups in total. The van der Waals surface area contributed by atoms with Gasteiger partial charge in [0.25, 0.3) is 0 Å². The number of nitrogens with zero attached hydrogens (tertiary/aromatic N) is 2. The topological polar surface area (TPSA) is 69.2 Å². The highest BCUT2D eigenvalue weighted by Gasteiger charge is 2.12. The van der Waals surface area contributed by atoms with Crippen molar-refractivity contribution in [1.82, 2.24) is 10.2 Å². The minimum atomic E-state index is -0.0417. The Bertz CT molecular complexity index is 491. The van der Waals surface area contributed by atoms with Crippen LogP contribution in [0.25, 0.3) is 0 Å². The second-order valence-corrected chi connectivity index (χ2v) is 3.73. The number of phenolic OH excluding ortho intramolecular Hbond substituents is 1. The summed E-state index contributed by atoms with van der Waals surface area (Å²) in [6.45, 7) is 0. The number of carbonyl (C=O) groups is 1. The number of benzene rings is 1. The van der Waals surface area contributed by atoms with Crippen molar-refractivity contribution in [2.24, 2.45) is 0 Å². The van der Waals surface area contributed by atoms with Crippen molar-refractivity contribution in [3.8, 4) is 5.75 Å². The zero-order chi connectivity index (χ0) is 12.3. The summed E-state index contributed by atoms with van der Waals surface area (Å²) in [4.78, 5) is 13.5. The van der Waals surface area contributed by atoms with Gasteiger partial charge in [0.05, 0.1) is 6.42 Å². The van der Waals surface area contributed by atoms with Gasteiger partial charge in [0.2, 0.25) is 5.91 Å². The van der Waals surface area contributed by atoms with E-state index in [4.69, 9.17) is 5.11 Å². The van der Waals surface area contributed by atoms with Crippen molar-refractivity contribution in [2.75, 3.05) is 11.9 Å². The molecule has 0 bridgehead atoms. The van der Waals surface area contributed by atoms with Gasteiger partial charge in [-0.25, -0.2) is 0 Å². The van der Waals surface area contributed by atoms with Crippen LogP contribution in [0.2, 0.25) is 0 Å². The lowest BCUT2D eigenvalue weighted by molar-refractivity contribution is -0.117. The van der Waals surface area contributed by atoms with Crippen LogP contribution in [0.1, 0.15) is 5.69 Å². The molecule has 0 atom stereocenters. The van der Waals surface area contributed by atoms with Crippen LogP contribution in [-0.4, -0.2) is 28.3 Å². The van der Waals surface area contributed by atoms with Gasteiger partial charge in [-0.2, -0.15) is 5.10 Å². The standard InChI is InChI=1S/C12H13N3O2/c1-15(10-2-4-11(16)5-3-10)12(17)8-9-6-7-13-14-9/h2-7,16H,8H2,1H3,(H,13,14). The Kier molecular flexibility index (Phi) is 3.09. The summed E-state index contributed by atoms with van der Waals surface area (Å²) in [7, 11) is 1.70. The van der Waals surface area contributed by atoms with E-state index in [0.717, 1.165) is 11.4 Å². The van der Waals surface area contributed by atoms with E-state index in [-0.39, 0.29) is 18.1 Å². The summed E-state index contributed by atoms with van der Waals surface area (Å²) in [6, 6.07) is 8.26. The van der Waals surface area contributed by atoms with Crippen LogP contribution in [0, 0.1) is 0 Å². The van der Waals surface area contributed by atoms with Crippen LogP contribution in [0.3, 0.4) is 0 Å². The van der Waals surface area contributed by atoms with Crippen LogP contribution in [0.5, 0.6) is 5.75 Å². The molecule has 2 aromatic rings. The average molecular weight is 231 g/mol.